The van der Waals surface area contributed by atoms with Crippen LogP contribution in [0.5, 0.6) is 0 Å². The molecule has 1 fully saturated rings. The van der Waals surface area contributed by atoms with Gasteiger partial charge in [0.2, 0.25) is 0 Å². The second kappa shape index (κ2) is 5.53. The molecule has 2 aromatic rings. The van der Waals surface area contributed by atoms with E-state index in [0.717, 1.165) is 35.9 Å². The topological polar surface area (TPSA) is 48.1 Å². The number of carbonyl (C=O) groups excluding carboxylic acids is 1. The van der Waals surface area contributed by atoms with Crippen LogP contribution >= 0.6 is 0 Å². The number of likely N-dealkylation sites (N-methyl/N-ethyl adjacent to an activating group) is 1. The van der Waals surface area contributed by atoms with E-state index in [-0.39, 0.29) is 11.4 Å². The largest absolute Gasteiger partial charge is 0.361 e. The number of fused-ring (bicyclic) bond motifs is 1. The standard InChI is InChI=1S/C17H23N3O/c1-20(2)17(9-3-4-10-17)12-19-16(21)14-6-5-7-15-13(14)8-11-18-15/h5-8,11,18H,3-4,9-10,12H2,1-2H3,(H,19,21). The molecule has 1 aromatic carbocycles. The molecule has 21 heavy (non-hydrogen) atoms. The third-order valence-corrected chi connectivity index (χ3v) is 4.90. The van der Waals surface area contributed by atoms with Gasteiger partial charge >= 0.3 is 0 Å². The number of amides is 1. The molecule has 0 unspecified atom stereocenters. The van der Waals surface area contributed by atoms with Crippen LogP contribution in [-0.2, 0) is 0 Å². The maximum Gasteiger partial charge on any atom is 0.252 e. The summed E-state index contributed by atoms with van der Waals surface area (Å²) in [5.41, 5.74) is 1.88. The average molecular weight is 285 g/mol. The molecule has 0 atom stereocenters. The minimum absolute atomic E-state index is 0.0216. The summed E-state index contributed by atoms with van der Waals surface area (Å²) in [7, 11) is 4.23. The summed E-state index contributed by atoms with van der Waals surface area (Å²) in [4.78, 5) is 18.0. The van der Waals surface area contributed by atoms with E-state index >= 15 is 0 Å². The quantitative estimate of drug-likeness (QED) is 0.907. The predicted octanol–water partition coefficient (Wildman–Crippen LogP) is 2.77. The third-order valence-electron chi connectivity index (χ3n) is 4.90. The van der Waals surface area contributed by atoms with Crippen LogP contribution < -0.4 is 5.32 Å². The third kappa shape index (κ3) is 2.56. The molecule has 4 heteroatoms. The van der Waals surface area contributed by atoms with Gasteiger partial charge in [0.15, 0.2) is 0 Å². The Morgan fingerprint density at radius 3 is 2.76 bits per heavy atom. The second-order valence-electron chi connectivity index (χ2n) is 6.25. The second-order valence-corrected chi connectivity index (χ2v) is 6.25. The molecule has 0 bridgehead atoms. The zero-order valence-electron chi connectivity index (χ0n) is 12.8. The highest BCUT2D eigenvalue weighted by molar-refractivity contribution is 6.06. The highest BCUT2D eigenvalue weighted by Crippen LogP contribution is 2.33. The van der Waals surface area contributed by atoms with Gasteiger partial charge < -0.3 is 15.2 Å². The van der Waals surface area contributed by atoms with Crippen molar-refractivity contribution in [2.45, 2.75) is 31.2 Å². The van der Waals surface area contributed by atoms with Crippen molar-refractivity contribution < 1.29 is 4.79 Å². The number of nitrogens with zero attached hydrogens (tertiary/aromatic N) is 1. The summed E-state index contributed by atoms with van der Waals surface area (Å²) in [6.45, 7) is 0.722. The number of aromatic nitrogens is 1. The van der Waals surface area contributed by atoms with E-state index < -0.39 is 0 Å². The van der Waals surface area contributed by atoms with Gasteiger partial charge in [-0.2, -0.15) is 0 Å². The number of carbonyl (C=O) groups is 1. The highest BCUT2D eigenvalue weighted by Gasteiger charge is 2.36. The van der Waals surface area contributed by atoms with Crippen molar-refractivity contribution in [3.05, 3.63) is 36.0 Å². The van der Waals surface area contributed by atoms with Gasteiger partial charge in [-0.15, -0.1) is 0 Å². The zero-order chi connectivity index (χ0) is 14.9. The Hall–Kier alpha value is -1.81. The number of nitrogens with one attached hydrogen (secondary N) is 2. The van der Waals surface area contributed by atoms with Crippen molar-refractivity contribution in [1.82, 2.24) is 15.2 Å². The van der Waals surface area contributed by atoms with Gasteiger partial charge in [0.05, 0.1) is 0 Å². The Morgan fingerprint density at radius 1 is 1.29 bits per heavy atom. The molecule has 2 N–H and O–H groups in total. The Bertz CT molecular complexity index is 638. The summed E-state index contributed by atoms with van der Waals surface area (Å²) in [6.07, 6.45) is 6.70. The van der Waals surface area contributed by atoms with E-state index in [4.69, 9.17) is 0 Å². The van der Waals surface area contributed by atoms with E-state index in [0.29, 0.717) is 0 Å². The van der Waals surface area contributed by atoms with Crippen molar-refractivity contribution >= 4 is 16.8 Å². The monoisotopic (exact) mass is 285 g/mol. The maximum atomic E-state index is 12.5. The Kier molecular flexibility index (Phi) is 3.72. The molecule has 1 amide bonds. The molecular weight excluding hydrogens is 262 g/mol. The van der Waals surface area contributed by atoms with Crippen LogP contribution in [0.1, 0.15) is 36.0 Å². The summed E-state index contributed by atoms with van der Waals surface area (Å²) in [5.74, 6) is 0.0216. The first-order valence-corrected chi connectivity index (χ1v) is 7.64. The number of hydrogen-bond donors (Lipinski definition) is 2. The van der Waals surface area contributed by atoms with Crippen LogP contribution in [0.2, 0.25) is 0 Å². The van der Waals surface area contributed by atoms with Gasteiger partial charge in [0, 0.05) is 34.7 Å². The van der Waals surface area contributed by atoms with E-state index in [2.05, 4.69) is 29.3 Å². The van der Waals surface area contributed by atoms with Crippen LogP contribution in [0.25, 0.3) is 10.9 Å². The Labute approximate surface area is 125 Å². The van der Waals surface area contributed by atoms with Crippen molar-refractivity contribution in [3.63, 3.8) is 0 Å². The molecule has 1 heterocycles. The molecule has 3 rings (SSSR count). The average Bonchev–Trinajstić information content (AvgIpc) is 3.13. The van der Waals surface area contributed by atoms with Gasteiger partial charge in [-0.05, 0) is 45.1 Å². The fourth-order valence-electron chi connectivity index (χ4n) is 3.44. The van der Waals surface area contributed by atoms with Crippen molar-refractivity contribution in [3.8, 4) is 0 Å². The molecule has 0 aliphatic heterocycles. The fraction of sp³-hybridized carbons (Fsp3) is 0.471. The van der Waals surface area contributed by atoms with Gasteiger partial charge in [-0.1, -0.05) is 18.9 Å². The minimum Gasteiger partial charge on any atom is -0.361 e. The van der Waals surface area contributed by atoms with E-state index in [1.807, 2.05) is 30.5 Å². The van der Waals surface area contributed by atoms with Gasteiger partial charge in [-0.3, -0.25) is 4.79 Å². The van der Waals surface area contributed by atoms with E-state index in [1.54, 1.807) is 0 Å². The van der Waals surface area contributed by atoms with Crippen molar-refractivity contribution in [2.24, 2.45) is 0 Å². The lowest BCUT2D eigenvalue weighted by Gasteiger charge is -2.36. The van der Waals surface area contributed by atoms with Crippen LogP contribution in [0.4, 0.5) is 0 Å². The lowest BCUT2D eigenvalue weighted by atomic mass is 9.95. The van der Waals surface area contributed by atoms with Crippen molar-refractivity contribution in [1.29, 1.82) is 0 Å². The van der Waals surface area contributed by atoms with Gasteiger partial charge in [0.25, 0.3) is 5.91 Å². The number of H-pyrrole nitrogens is 1. The molecule has 0 spiro atoms. The molecule has 0 saturated heterocycles. The lowest BCUT2D eigenvalue weighted by Crippen LogP contribution is -2.50. The number of hydrogen-bond acceptors (Lipinski definition) is 2. The van der Waals surface area contributed by atoms with E-state index in [1.165, 1.54) is 12.8 Å². The van der Waals surface area contributed by atoms with Crippen LogP contribution in [-0.4, -0.2) is 42.0 Å². The van der Waals surface area contributed by atoms with Crippen molar-refractivity contribution in [2.75, 3.05) is 20.6 Å². The SMILES string of the molecule is CN(C)C1(CNC(=O)c2cccc3[nH]ccc23)CCCC1. The first-order valence-electron chi connectivity index (χ1n) is 7.64. The minimum atomic E-state index is 0.0216. The number of benzene rings is 1. The van der Waals surface area contributed by atoms with E-state index in [9.17, 15) is 4.79 Å². The smallest absolute Gasteiger partial charge is 0.252 e. The molecular formula is C17H23N3O. The highest BCUT2D eigenvalue weighted by atomic mass is 16.1. The van der Waals surface area contributed by atoms with Gasteiger partial charge in [-0.25, -0.2) is 0 Å². The van der Waals surface area contributed by atoms with Gasteiger partial charge in [0.1, 0.15) is 0 Å². The summed E-state index contributed by atoms with van der Waals surface area (Å²) in [5, 5.41) is 4.14. The first kappa shape index (κ1) is 14.1. The molecule has 112 valence electrons. The number of aromatic amines is 1. The predicted molar refractivity (Wildman–Crippen MR) is 85.5 cm³/mol. The lowest BCUT2D eigenvalue weighted by molar-refractivity contribution is 0.0901. The Morgan fingerprint density at radius 2 is 2.05 bits per heavy atom. The molecule has 1 aromatic heterocycles. The summed E-state index contributed by atoms with van der Waals surface area (Å²) < 4.78 is 0. The molecule has 0 radical (unpaired) electrons. The zero-order valence-corrected chi connectivity index (χ0v) is 12.8. The first-order chi connectivity index (χ1) is 10.1. The normalized spacial score (nSPS) is 17.5. The summed E-state index contributed by atoms with van der Waals surface area (Å²) in [6, 6.07) is 7.76. The van der Waals surface area contributed by atoms with Crippen LogP contribution in [0, 0.1) is 0 Å². The summed E-state index contributed by atoms with van der Waals surface area (Å²) >= 11 is 0. The Balaban J connectivity index is 1.76. The molecule has 1 aliphatic carbocycles. The van der Waals surface area contributed by atoms with Crippen LogP contribution in [0.3, 0.4) is 0 Å². The molecule has 4 nitrogen and oxygen atoms in total. The molecule has 1 aliphatic rings. The fourth-order valence-corrected chi connectivity index (χ4v) is 3.44. The van der Waals surface area contributed by atoms with Crippen LogP contribution in [0.15, 0.2) is 30.5 Å². The molecule has 1 saturated carbocycles. The number of rotatable bonds is 4. The maximum absolute atomic E-state index is 12.5.